The minimum Gasteiger partial charge on any atom is -0.397 e. The van der Waals surface area contributed by atoms with Crippen LogP contribution < -0.4 is 16.6 Å². The second-order valence-corrected chi connectivity index (χ2v) is 5.87. The minimum atomic E-state index is -0.561. The van der Waals surface area contributed by atoms with Gasteiger partial charge in [0, 0.05) is 25.2 Å². The largest absolute Gasteiger partial charge is 0.397 e. The first-order valence-corrected chi connectivity index (χ1v) is 7.85. The Morgan fingerprint density at radius 1 is 1.35 bits per heavy atom. The van der Waals surface area contributed by atoms with E-state index in [2.05, 4.69) is 11.9 Å². The van der Waals surface area contributed by atoms with Crippen LogP contribution in [0.5, 0.6) is 0 Å². The van der Waals surface area contributed by atoms with E-state index in [0.717, 1.165) is 12.8 Å². The second-order valence-electron chi connectivity index (χ2n) is 5.51. The van der Waals surface area contributed by atoms with Gasteiger partial charge in [0.2, 0.25) is 0 Å². The van der Waals surface area contributed by atoms with Gasteiger partial charge in [0.1, 0.15) is 11.0 Å². The molecule has 0 bridgehead atoms. The van der Waals surface area contributed by atoms with Gasteiger partial charge in [0.25, 0.3) is 5.56 Å². The van der Waals surface area contributed by atoms with Crippen LogP contribution in [0.1, 0.15) is 12.8 Å². The Kier molecular flexibility index (Phi) is 4.17. The number of hydrogen-bond acceptors (Lipinski definition) is 3. The van der Waals surface area contributed by atoms with Gasteiger partial charge >= 0.3 is 0 Å². The maximum absolute atomic E-state index is 14.4. The van der Waals surface area contributed by atoms with E-state index >= 15 is 0 Å². The molecule has 2 aromatic rings. The van der Waals surface area contributed by atoms with Gasteiger partial charge in [-0.3, -0.25) is 9.48 Å². The summed E-state index contributed by atoms with van der Waals surface area (Å²) >= 11 is 6.36. The number of nitrogen functional groups attached to an aromatic ring is 1. The summed E-state index contributed by atoms with van der Waals surface area (Å²) in [6.45, 7) is 5.35. The van der Waals surface area contributed by atoms with Crippen LogP contribution in [0.4, 0.5) is 15.8 Å². The maximum atomic E-state index is 14.4. The first kappa shape index (κ1) is 15.7. The van der Waals surface area contributed by atoms with Crippen molar-refractivity contribution in [2.45, 2.75) is 25.9 Å². The van der Waals surface area contributed by atoms with E-state index < -0.39 is 5.82 Å². The Morgan fingerprint density at radius 2 is 2.04 bits per heavy atom. The molecule has 0 aliphatic carbocycles. The highest BCUT2D eigenvalue weighted by molar-refractivity contribution is 6.32. The molecule has 0 saturated heterocycles. The van der Waals surface area contributed by atoms with Crippen molar-refractivity contribution in [3.05, 3.63) is 46.1 Å². The van der Waals surface area contributed by atoms with Gasteiger partial charge in [0.05, 0.1) is 16.9 Å². The summed E-state index contributed by atoms with van der Waals surface area (Å²) in [4.78, 5) is 12.6. The van der Waals surface area contributed by atoms with Gasteiger partial charge in [-0.05, 0) is 25.0 Å². The third-order valence-electron chi connectivity index (χ3n) is 4.01. The van der Waals surface area contributed by atoms with E-state index in [1.54, 1.807) is 15.4 Å². The van der Waals surface area contributed by atoms with Crippen LogP contribution in [0.25, 0.3) is 11.1 Å². The molecule has 1 aliphatic rings. The van der Waals surface area contributed by atoms with Crippen molar-refractivity contribution in [2.75, 3.05) is 17.6 Å². The van der Waals surface area contributed by atoms with Crippen molar-refractivity contribution >= 4 is 23.0 Å². The summed E-state index contributed by atoms with van der Waals surface area (Å²) in [5.41, 5.74) is 6.72. The fourth-order valence-electron chi connectivity index (χ4n) is 2.87. The van der Waals surface area contributed by atoms with E-state index in [9.17, 15) is 9.18 Å². The van der Waals surface area contributed by atoms with Crippen LogP contribution in [0.2, 0.25) is 5.15 Å². The summed E-state index contributed by atoms with van der Waals surface area (Å²) in [6, 6.07) is 2.74. The predicted molar refractivity (Wildman–Crippen MR) is 91.4 cm³/mol. The van der Waals surface area contributed by atoms with Crippen molar-refractivity contribution in [1.82, 2.24) is 9.36 Å². The van der Waals surface area contributed by atoms with Crippen LogP contribution in [-0.2, 0) is 13.1 Å². The van der Waals surface area contributed by atoms with Crippen LogP contribution in [-0.4, -0.2) is 15.9 Å². The summed E-state index contributed by atoms with van der Waals surface area (Å²) in [5, 5.41) is 3.30. The Balaban J connectivity index is 2.17. The topological polar surface area (TPSA) is 65.0 Å². The summed E-state index contributed by atoms with van der Waals surface area (Å²) < 4.78 is 17.7. The molecule has 0 unspecified atom stereocenters. The number of nitrogens with zero attached hydrogens (tertiary/aromatic N) is 2. The average molecular weight is 337 g/mol. The molecule has 0 atom stereocenters. The van der Waals surface area contributed by atoms with Gasteiger partial charge in [-0.25, -0.2) is 9.07 Å². The van der Waals surface area contributed by atoms with E-state index in [0.29, 0.717) is 25.3 Å². The fraction of sp³-hybridized carbons (Fsp3) is 0.312. The molecule has 23 heavy (non-hydrogen) atoms. The molecule has 0 radical (unpaired) electrons. The first-order valence-electron chi connectivity index (χ1n) is 7.48. The van der Waals surface area contributed by atoms with E-state index in [1.807, 2.05) is 0 Å². The Hall–Kier alpha value is -2.21. The molecule has 0 saturated carbocycles. The zero-order valence-electron chi connectivity index (χ0n) is 12.6. The summed E-state index contributed by atoms with van der Waals surface area (Å²) in [5.74, 6) is -0.561. The van der Waals surface area contributed by atoms with Gasteiger partial charge < -0.3 is 11.1 Å². The lowest BCUT2D eigenvalue weighted by Gasteiger charge is -2.17. The number of benzene rings is 1. The monoisotopic (exact) mass is 336 g/mol. The van der Waals surface area contributed by atoms with Crippen molar-refractivity contribution in [2.24, 2.45) is 0 Å². The summed E-state index contributed by atoms with van der Waals surface area (Å²) in [6.07, 6.45) is 3.53. The highest BCUT2D eigenvalue weighted by Crippen LogP contribution is 2.33. The summed E-state index contributed by atoms with van der Waals surface area (Å²) in [7, 11) is 0. The van der Waals surface area contributed by atoms with E-state index in [-0.39, 0.29) is 27.5 Å². The normalized spacial score (nSPS) is 13.7. The molecular formula is C16H18ClFN4O. The SMILES string of the molecule is C=CCNc1cc(-c2c(Cl)n3n(c2=O)CCCC3)c(F)cc1N. The van der Waals surface area contributed by atoms with E-state index in [1.165, 1.54) is 12.1 Å². The Morgan fingerprint density at radius 3 is 2.70 bits per heavy atom. The van der Waals surface area contributed by atoms with Gasteiger partial charge in [-0.1, -0.05) is 17.7 Å². The van der Waals surface area contributed by atoms with Crippen molar-refractivity contribution < 1.29 is 4.39 Å². The highest BCUT2D eigenvalue weighted by Gasteiger charge is 2.24. The smallest absolute Gasteiger partial charge is 0.276 e. The molecular weight excluding hydrogens is 319 g/mol. The maximum Gasteiger partial charge on any atom is 0.276 e. The third kappa shape index (κ3) is 2.63. The second kappa shape index (κ2) is 6.12. The lowest BCUT2D eigenvalue weighted by molar-refractivity contribution is 0.356. The molecule has 3 N–H and O–H groups in total. The number of aromatic nitrogens is 2. The number of halogens is 2. The quantitative estimate of drug-likeness (QED) is 0.666. The average Bonchev–Trinajstić information content (AvgIpc) is 2.79. The number of nitrogens with one attached hydrogen (secondary N) is 1. The minimum absolute atomic E-state index is 0.162. The zero-order valence-corrected chi connectivity index (χ0v) is 13.4. The molecule has 122 valence electrons. The third-order valence-corrected chi connectivity index (χ3v) is 4.39. The molecule has 0 amide bonds. The molecule has 0 fully saturated rings. The van der Waals surface area contributed by atoms with Gasteiger partial charge in [0.15, 0.2) is 0 Å². The predicted octanol–water partition coefficient (Wildman–Crippen LogP) is 3.08. The van der Waals surface area contributed by atoms with Crippen molar-refractivity contribution in [3.8, 4) is 11.1 Å². The van der Waals surface area contributed by atoms with Crippen molar-refractivity contribution in [3.63, 3.8) is 0 Å². The zero-order chi connectivity index (χ0) is 16.6. The molecule has 1 aromatic carbocycles. The van der Waals surface area contributed by atoms with Crippen LogP contribution in [0.3, 0.4) is 0 Å². The number of fused-ring (bicyclic) bond motifs is 1. The molecule has 1 aromatic heterocycles. The fourth-order valence-corrected chi connectivity index (χ4v) is 3.23. The van der Waals surface area contributed by atoms with Crippen LogP contribution in [0, 0.1) is 5.82 Å². The van der Waals surface area contributed by atoms with Crippen LogP contribution in [0.15, 0.2) is 29.6 Å². The molecule has 1 aliphatic heterocycles. The Labute approximate surface area is 138 Å². The Bertz CT molecular complexity index is 824. The lowest BCUT2D eigenvalue weighted by atomic mass is 10.1. The standard InChI is InChI=1S/C16H18ClFN4O/c1-2-5-20-13-8-10(11(18)9-12(13)19)14-15(17)21-6-3-4-7-22(21)16(14)23/h2,8-9,20H,1,3-7,19H2. The number of hydrogen-bond donors (Lipinski definition) is 2. The molecule has 3 rings (SSSR count). The number of rotatable bonds is 4. The first-order chi connectivity index (χ1) is 11.0. The van der Waals surface area contributed by atoms with E-state index in [4.69, 9.17) is 17.3 Å². The van der Waals surface area contributed by atoms with Gasteiger partial charge in [-0.15, -0.1) is 6.58 Å². The molecule has 5 nitrogen and oxygen atoms in total. The highest BCUT2D eigenvalue weighted by atomic mass is 35.5. The number of nitrogens with two attached hydrogens (primary N) is 1. The molecule has 0 spiro atoms. The number of anilines is 2. The lowest BCUT2D eigenvalue weighted by Crippen LogP contribution is -2.27. The molecule has 2 heterocycles. The van der Waals surface area contributed by atoms with Crippen molar-refractivity contribution in [1.29, 1.82) is 0 Å². The molecule has 7 heteroatoms. The van der Waals surface area contributed by atoms with Crippen LogP contribution >= 0.6 is 11.6 Å². The van der Waals surface area contributed by atoms with Gasteiger partial charge in [-0.2, -0.15) is 0 Å².